The average molecular weight is 401 g/mol. The van der Waals surface area contributed by atoms with Crippen LogP contribution >= 0.6 is 11.8 Å². The summed E-state index contributed by atoms with van der Waals surface area (Å²) in [5.74, 6) is 2.76. The van der Waals surface area contributed by atoms with E-state index in [1.54, 1.807) is 25.1 Å². The summed E-state index contributed by atoms with van der Waals surface area (Å²) in [7, 11) is 1.63. The molecule has 0 fully saturated rings. The van der Waals surface area contributed by atoms with Gasteiger partial charge in [0.1, 0.15) is 5.75 Å². The molecule has 0 aliphatic heterocycles. The summed E-state index contributed by atoms with van der Waals surface area (Å²) < 4.78 is 13.0. The minimum atomic E-state index is 0.0677. The average Bonchev–Trinajstić information content (AvgIpc) is 3.34. The molecule has 0 bridgehead atoms. The minimum Gasteiger partial charge on any atom is -0.495 e. The van der Waals surface area contributed by atoms with Crippen LogP contribution in [0.2, 0.25) is 0 Å². The summed E-state index contributed by atoms with van der Waals surface area (Å²) in [4.78, 5) is 11.8. The quantitative estimate of drug-likeness (QED) is 0.433. The number of para-hydroxylation sites is 2. The van der Waals surface area contributed by atoms with E-state index in [1.165, 1.54) is 0 Å². The highest BCUT2D eigenvalue weighted by atomic mass is 32.2. The standard InChI is InChI=1S/C20H24N4O3S/c1-14(2)21-18(25)11-7-13-28-20-23-22-19(17-10-6-12-27-17)24(20)15-8-4-5-9-16(15)26-3/h4-6,8-10,12,14H,7,11,13H2,1-3H3,(H,21,25). The highest BCUT2D eigenvalue weighted by molar-refractivity contribution is 7.99. The van der Waals surface area contributed by atoms with Crippen LogP contribution in [-0.4, -0.2) is 39.6 Å². The molecule has 8 heteroatoms. The first-order valence-corrected chi connectivity index (χ1v) is 10.1. The summed E-state index contributed by atoms with van der Waals surface area (Å²) >= 11 is 1.55. The molecule has 0 aliphatic carbocycles. The number of thioether (sulfide) groups is 1. The molecule has 7 nitrogen and oxygen atoms in total. The predicted molar refractivity (Wildman–Crippen MR) is 109 cm³/mol. The van der Waals surface area contributed by atoms with Crippen LogP contribution in [0.15, 0.2) is 52.2 Å². The molecule has 0 atom stereocenters. The van der Waals surface area contributed by atoms with Crippen LogP contribution in [0.3, 0.4) is 0 Å². The third kappa shape index (κ3) is 4.75. The Morgan fingerprint density at radius 3 is 2.79 bits per heavy atom. The maximum Gasteiger partial charge on any atom is 0.220 e. The first-order valence-electron chi connectivity index (χ1n) is 9.15. The summed E-state index contributed by atoms with van der Waals surface area (Å²) in [6, 6.07) is 11.5. The van der Waals surface area contributed by atoms with Crippen LogP contribution in [0, 0.1) is 0 Å². The van der Waals surface area contributed by atoms with Gasteiger partial charge < -0.3 is 14.5 Å². The summed E-state index contributed by atoms with van der Waals surface area (Å²) in [5, 5.41) is 12.3. The van der Waals surface area contributed by atoms with Crippen LogP contribution in [-0.2, 0) is 4.79 Å². The number of nitrogens with one attached hydrogen (secondary N) is 1. The molecule has 148 valence electrons. The molecule has 0 saturated heterocycles. The topological polar surface area (TPSA) is 82.2 Å². The lowest BCUT2D eigenvalue weighted by Crippen LogP contribution is -2.29. The van der Waals surface area contributed by atoms with E-state index in [4.69, 9.17) is 9.15 Å². The van der Waals surface area contributed by atoms with Gasteiger partial charge in [0.15, 0.2) is 10.9 Å². The van der Waals surface area contributed by atoms with Crippen molar-refractivity contribution in [2.75, 3.05) is 12.9 Å². The lowest BCUT2D eigenvalue weighted by molar-refractivity contribution is -0.121. The van der Waals surface area contributed by atoms with Crippen LogP contribution in [0.4, 0.5) is 0 Å². The number of hydrogen-bond acceptors (Lipinski definition) is 6. The van der Waals surface area contributed by atoms with E-state index in [0.717, 1.165) is 23.0 Å². The summed E-state index contributed by atoms with van der Waals surface area (Å²) in [5.41, 5.74) is 0.835. The van der Waals surface area contributed by atoms with Gasteiger partial charge in [-0.2, -0.15) is 0 Å². The lowest BCUT2D eigenvalue weighted by atomic mass is 10.3. The van der Waals surface area contributed by atoms with E-state index in [2.05, 4.69) is 15.5 Å². The number of rotatable bonds is 9. The third-order valence-electron chi connectivity index (χ3n) is 3.93. The molecule has 0 aliphatic rings. The number of methoxy groups -OCH3 is 1. The van der Waals surface area contributed by atoms with Crippen molar-refractivity contribution in [2.45, 2.75) is 37.9 Å². The highest BCUT2D eigenvalue weighted by Gasteiger charge is 2.20. The maximum atomic E-state index is 11.8. The number of carbonyl (C=O) groups excluding carboxylic acids is 1. The molecule has 2 aromatic heterocycles. The smallest absolute Gasteiger partial charge is 0.220 e. The second kappa shape index (κ2) is 9.45. The monoisotopic (exact) mass is 400 g/mol. The van der Waals surface area contributed by atoms with E-state index in [9.17, 15) is 4.79 Å². The number of carbonyl (C=O) groups is 1. The maximum absolute atomic E-state index is 11.8. The van der Waals surface area contributed by atoms with Gasteiger partial charge in [-0.1, -0.05) is 23.9 Å². The van der Waals surface area contributed by atoms with Crippen molar-refractivity contribution in [1.29, 1.82) is 0 Å². The first kappa shape index (κ1) is 20.0. The fourth-order valence-corrected chi connectivity index (χ4v) is 3.63. The predicted octanol–water partition coefficient (Wildman–Crippen LogP) is 3.93. The number of benzene rings is 1. The first-order chi connectivity index (χ1) is 13.6. The molecule has 3 aromatic rings. The largest absolute Gasteiger partial charge is 0.495 e. The molecule has 2 heterocycles. The number of aromatic nitrogens is 3. The van der Waals surface area contributed by atoms with Crippen LogP contribution < -0.4 is 10.1 Å². The number of hydrogen-bond donors (Lipinski definition) is 1. The molecule has 1 aromatic carbocycles. The van der Waals surface area contributed by atoms with Crippen LogP contribution in [0.25, 0.3) is 17.3 Å². The van der Waals surface area contributed by atoms with Gasteiger partial charge in [-0.25, -0.2) is 0 Å². The van der Waals surface area contributed by atoms with Crippen molar-refractivity contribution in [3.63, 3.8) is 0 Å². The Morgan fingerprint density at radius 2 is 2.07 bits per heavy atom. The van der Waals surface area contributed by atoms with Gasteiger partial charge in [0.25, 0.3) is 0 Å². The lowest BCUT2D eigenvalue weighted by Gasteiger charge is -2.13. The molecular weight excluding hydrogens is 376 g/mol. The van der Waals surface area contributed by atoms with Gasteiger partial charge in [-0.3, -0.25) is 9.36 Å². The molecule has 3 rings (SSSR count). The molecule has 0 saturated carbocycles. The molecule has 28 heavy (non-hydrogen) atoms. The Hall–Kier alpha value is -2.74. The van der Waals surface area contributed by atoms with E-state index in [1.807, 2.05) is 54.8 Å². The zero-order valence-corrected chi connectivity index (χ0v) is 17.0. The fourth-order valence-electron chi connectivity index (χ4n) is 2.75. The Bertz CT molecular complexity index is 906. The fraction of sp³-hybridized carbons (Fsp3) is 0.350. The number of furan rings is 1. The van der Waals surface area contributed by atoms with Crippen molar-refractivity contribution in [3.05, 3.63) is 42.7 Å². The zero-order valence-electron chi connectivity index (χ0n) is 16.2. The van der Waals surface area contributed by atoms with Crippen LogP contribution in [0.1, 0.15) is 26.7 Å². The Labute approximate surface area is 168 Å². The Kier molecular flexibility index (Phi) is 6.76. The Morgan fingerprint density at radius 1 is 1.25 bits per heavy atom. The second-order valence-electron chi connectivity index (χ2n) is 6.46. The normalized spacial score (nSPS) is 11.0. The molecule has 0 spiro atoms. The van der Waals surface area contributed by atoms with Crippen molar-refractivity contribution < 1.29 is 13.9 Å². The molecule has 0 radical (unpaired) electrons. The van der Waals surface area contributed by atoms with Gasteiger partial charge >= 0.3 is 0 Å². The SMILES string of the molecule is COc1ccccc1-n1c(SCCCC(=O)NC(C)C)nnc1-c1ccco1. The van der Waals surface area contributed by atoms with Gasteiger partial charge in [-0.05, 0) is 44.5 Å². The van der Waals surface area contributed by atoms with Crippen molar-refractivity contribution in [3.8, 4) is 23.0 Å². The van der Waals surface area contributed by atoms with E-state index in [0.29, 0.717) is 23.8 Å². The van der Waals surface area contributed by atoms with Gasteiger partial charge in [-0.15, -0.1) is 10.2 Å². The third-order valence-corrected chi connectivity index (χ3v) is 4.95. The minimum absolute atomic E-state index is 0.0677. The zero-order chi connectivity index (χ0) is 19.9. The number of ether oxygens (including phenoxy) is 1. The van der Waals surface area contributed by atoms with Gasteiger partial charge in [0.2, 0.25) is 11.7 Å². The molecule has 1 amide bonds. The number of amides is 1. The van der Waals surface area contributed by atoms with Crippen LogP contribution in [0.5, 0.6) is 5.75 Å². The van der Waals surface area contributed by atoms with E-state index >= 15 is 0 Å². The molecule has 0 unspecified atom stereocenters. The summed E-state index contributed by atoms with van der Waals surface area (Å²) in [6.07, 6.45) is 2.84. The van der Waals surface area contributed by atoms with E-state index < -0.39 is 0 Å². The van der Waals surface area contributed by atoms with E-state index in [-0.39, 0.29) is 11.9 Å². The van der Waals surface area contributed by atoms with Gasteiger partial charge in [0.05, 0.1) is 19.1 Å². The molecule has 1 N–H and O–H groups in total. The highest BCUT2D eigenvalue weighted by Crippen LogP contribution is 2.32. The Balaban J connectivity index is 1.81. The van der Waals surface area contributed by atoms with Crippen molar-refractivity contribution in [1.82, 2.24) is 20.1 Å². The van der Waals surface area contributed by atoms with Gasteiger partial charge in [0, 0.05) is 18.2 Å². The van der Waals surface area contributed by atoms with Crippen molar-refractivity contribution in [2.24, 2.45) is 0 Å². The number of nitrogens with zero attached hydrogens (tertiary/aromatic N) is 3. The van der Waals surface area contributed by atoms with Crippen molar-refractivity contribution >= 4 is 17.7 Å². The summed E-state index contributed by atoms with van der Waals surface area (Å²) in [6.45, 7) is 3.91. The second-order valence-corrected chi connectivity index (χ2v) is 7.53. The molecular formula is C20H24N4O3S.